The second kappa shape index (κ2) is 58.9. The van der Waals surface area contributed by atoms with Gasteiger partial charge >= 0.3 is 5.97 Å². The van der Waals surface area contributed by atoms with E-state index in [0.29, 0.717) is 19.4 Å². The van der Waals surface area contributed by atoms with E-state index in [2.05, 4.69) is 31.3 Å². The number of carbonyl (C=O) groups excluding carboxylic acids is 2. The number of ether oxygens (including phenoxy) is 1. The van der Waals surface area contributed by atoms with Gasteiger partial charge in [-0.3, -0.25) is 9.59 Å². The summed E-state index contributed by atoms with van der Waals surface area (Å²) < 4.78 is 5.47. The first-order chi connectivity index (χ1) is 34.0. The third-order valence-corrected chi connectivity index (χ3v) is 14.5. The molecule has 0 fully saturated rings. The fourth-order valence-corrected chi connectivity index (χ4v) is 9.69. The van der Waals surface area contributed by atoms with Crippen LogP contribution in [0.5, 0.6) is 0 Å². The Morgan fingerprint density at radius 1 is 0.391 bits per heavy atom. The molecule has 2 atom stereocenters. The molecule has 0 saturated carbocycles. The standard InChI is InChI=1S/C63H121NO5/c1-3-5-7-9-11-13-15-17-18-26-29-32-35-39-43-47-51-55-61(66)60(59-65)64-62(67)56-52-48-44-40-36-33-30-27-24-22-20-19-21-23-25-28-31-34-38-42-46-50-54-58-69-63(68)57-53-49-45-41-37-16-14-12-10-8-6-4-2/h22,24,51,55,60-61,65-66H,3-21,23,25-50,52-54,56-59H2,1-2H3,(H,64,67)/b24-22-,55-51+. The van der Waals surface area contributed by atoms with Gasteiger partial charge < -0.3 is 20.3 Å². The number of aliphatic hydroxyl groups excluding tert-OH is 2. The first-order valence-electron chi connectivity index (χ1n) is 31.1. The monoisotopic (exact) mass is 972 g/mol. The van der Waals surface area contributed by atoms with Crippen molar-refractivity contribution < 1.29 is 24.5 Å². The Bertz CT molecular complexity index is 1080. The average Bonchev–Trinajstić information content (AvgIpc) is 3.35. The second-order valence-corrected chi connectivity index (χ2v) is 21.4. The Morgan fingerprint density at radius 3 is 1.03 bits per heavy atom. The van der Waals surface area contributed by atoms with Crippen LogP contribution in [-0.4, -0.2) is 47.4 Å². The number of aliphatic hydroxyl groups is 2. The van der Waals surface area contributed by atoms with Gasteiger partial charge in [-0.2, -0.15) is 0 Å². The number of amides is 1. The molecule has 0 aromatic rings. The zero-order chi connectivity index (χ0) is 50.0. The van der Waals surface area contributed by atoms with Crippen LogP contribution in [0.3, 0.4) is 0 Å². The van der Waals surface area contributed by atoms with Gasteiger partial charge in [-0.25, -0.2) is 0 Å². The normalized spacial score (nSPS) is 12.7. The highest BCUT2D eigenvalue weighted by molar-refractivity contribution is 5.76. The summed E-state index contributed by atoms with van der Waals surface area (Å²) >= 11 is 0. The predicted octanol–water partition coefficient (Wildman–Crippen LogP) is 19.4. The van der Waals surface area contributed by atoms with Crippen molar-refractivity contribution in [3.63, 3.8) is 0 Å². The van der Waals surface area contributed by atoms with E-state index in [-0.39, 0.29) is 18.5 Å². The van der Waals surface area contributed by atoms with E-state index in [4.69, 9.17) is 4.74 Å². The second-order valence-electron chi connectivity index (χ2n) is 21.4. The molecule has 0 spiro atoms. The van der Waals surface area contributed by atoms with Crippen molar-refractivity contribution in [2.45, 2.75) is 353 Å². The number of nitrogens with one attached hydrogen (secondary N) is 1. The summed E-state index contributed by atoms with van der Waals surface area (Å²) in [5.74, 6) is -0.0601. The molecule has 0 aromatic heterocycles. The van der Waals surface area contributed by atoms with Gasteiger partial charge in [-0.15, -0.1) is 0 Å². The molecular weight excluding hydrogens is 851 g/mol. The van der Waals surface area contributed by atoms with Gasteiger partial charge in [0.1, 0.15) is 0 Å². The van der Waals surface area contributed by atoms with Gasteiger partial charge in [0.05, 0.1) is 25.4 Å². The Kier molecular flexibility index (Phi) is 57.5. The van der Waals surface area contributed by atoms with Crippen molar-refractivity contribution in [2.75, 3.05) is 13.2 Å². The van der Waals surface area contributed by atoms with Crippen LogP contribution in [0.1, 0.15) is 341 Å². The number of hydrogen-bond donors (Lipinski definition) is 3. The zero-order valence-corrected chi connectivity index (χ0v) is 46.6. The highest BCUT2D eigenvalue weighted by Gasteiger charge is 2.18. The first-order valence-corrected chi connectivity index (χ1v) is 31.1. The lowest BCUT2D eigenvalue weighted by Crippen LogP contribution is -2.45. The van der Waals surface area contributed by atoms with E-state index in [1.165, 1.54) is 270 Å². The first kappa shape index (κ1) is 67.3. The minimum Gasteiger partial charge on any atom is -0.466 e. The number of esters is 1. The summed E-state index contributed by atoms with van der Waals surface area (Å²) in [6, 6.07) is -0.632. The average molecular weight is 973 g/mol. The van der Waals surface area contributed by atoms with Gasteiger partial charge in [0, 0.05) is 12.8 Å². The third-order valence-electron chi connectivity index (χ3n) is 14.5. The molecular formula is C63H121NO5. The van der Waals surface area contributed by atoms with Crippen LogP contribution in [0, 0.1) is 0 Å². The molecule has 0 aliphatic rings. The van der Waals surface area contributed by atoms with Gasteiger partial charge in [0.2, 0.25) is 5.91 Å². The van der Waals surface area contributed by atoms with E-state index in [1.54, 1.807) is 6.08 Å². The van der Waals surface area contributed by atoms with Crippen LogP contribution in [-0.2, 0) is 14.3 Å². The van der Waals surface area contributed by atoms with Crippen molar-refractivity contribution in [1.82, 2.24) is 5.32 Å². The van der Waals surface area contributed by atoms with Crippen LogP contribution >= 0.6 is 0 Å². The van der Waals surface area contributed by atoms with E-state index < -0.39 is 12.1 Å². The Labute approximate surface area is 431 Å². The number of carbonyl (C=O) groups is 2. The molecule has 0 radical (unpaired) electrons. The molecule has 0 rings (SSSR count). The molecule has 69 heavy (non-hydrogen) atoms. The molecule has 0 bridgehead atoms. The number of allylic oxidation sites excluding steroid dienone is 3. The highest BCUT2D eigenvalue weighted by Crippen LogP contribution is 2.17. The van der Waals surface area contributed by atoms with Crippen molar-refractivity contribution in [3.05, 3.63) is 24.3 Å². The Balaban J connectivity index is 3.44. The third kappa shape index (κ3) is 55.5. The fraction of sp³-hybridized carbons (Fsp3) is 0.905. The Morgan fingerprint density at radius 2 is 0.681 bits per heavy atom. The maximum absolute atomic E-state index is 12.5. The molecule has 0 aliphatic carbocycles. The molecule has 0 saturated heterocycles. The maximum atomic E-state index is 12.5. The lowest BCUT2D eigenvalue weighted by Gasteiger charge is -2.20. The molecule has 408 valence electrons. The number of rotatable bonds is 58. The SMILES string of the molecule is CCCCCCCCCCCCCCCCC/C=C/C(O)C(CO)NC(=O)CCCCCCCCC/C=C\CCCCCCCCCCCCCCOC(=O)CCCCCCCCCCCCCC. The summed E-state index contributed by atoms with van der Waals surface area (Å²) in [6.45, 7) is 4.92. The largest absolute Gasteiger partial charge is 0.466 e. The molecule has 3 N–H and O–H groups in total. The lowest BCUT2D eigenvalue weighted by molar-refractivity contribution is -0.143. The highest BCUT2D eigenvalue weighted by atomic mass is 16.5. The van der Waals surface area contributed by atoms with Crippen molar-refractivity contribution in [3.8, 4) is 0 Å². The van der Waals surface area contributed by atoms with Crippen LogP contribution in [0.2, 0.25) is 0 Å². The van der Waals surface area contributed by atoms with Crippen molar-refractivity contribution in [2.24, 2.45) is 0 Å². The van der Waals surface area contributed by atoms with Gasteiger partial charge in [-0.1, -0.05) is 295 Å². The lowest BCUT2D eigenvalue weighted by atomic mass is 10.0. The molecule has 0 heterocycles. The summed E-state index contributed by atoms with van der Waals surface area (Å²) in [5, 5.41) is 23.2. The molecule has 6 heteroatoms. The summed E-state index contributed by atoms with van der Waals surface area (Å²) in [6.07, 6.45) is 72.2. The van der Waals surface area contributed by atoms with Gasteiger partial charge in [0.15, 0.2) is 0 Å². The van der Waals surface area contributed by atoms with E-state index in [0.717, 1.165) is 44.9 Å². The predicted molar refractivity (Wildman–Crippen MR) is 301 cm³/mol. The van der Waals surface area contributed by atoms with E-state index in [9.17, 15) is 19.8 Å². The molecule has 6 nitrogen and oxygen atoms in total. The van der Waals surface area contributed by atoms with Crippen LogP contribution < -0.4 is 5.32 Å². The van der Waals surface area contributed by atoms with E-state index >= 15 is 0 Å². The summed E-state index contributed by atoms with van der Waals surface area (Å²) in [4.78, 5) is 24.5. The maximum Gasteiger partial charge on any atom is 0.305 e. The molecule has 2 unspecified atom stereocenters. The Hall–Kier alpha value is -1.66. The van der Waals surface area contributed by atoms with Crippen molar-refractivity contribution >= 4 is 11.9 Å². The number of hydrogen-bond acceptors (Lipinski definition) is 5. The van der Waals surface area contributed by atoms with Gasteiger partial charge in [-0.05, 0) is 57.8 Å². The van der Waals surface area contributed by atoms with Gasteiger partial charge in [0.25, 0.3) is 0 Å². The fourth-order valence-electron chi connectivity index (χ4n) is 9.69. The molecule has 0 aromatic carbocycles. The summed E-state index contributed by atoms with van der Waals surface area (Å²) in [5.41, 5.74) is 0. The topological polar surface area (TPSA) is 95.9 Å². The van der Waals surface area contributed by atoms with Crippen LogP contribution in [0.25, 0.3) is 0 Å². The number of unbranched alkanes of at least 4 members (excludes halogenated alkanes) is 45. The summed E-state index contributed by atoms with van der Waals surface area (Å²) in [7, 11) is 0. The zero-order valence-electron chi connectivity index (χ0n) is 46.6. The molecule has 0 aliphatic heterocycles. The van der Waals surface area contributed by atoms with E-state index in [1.807, 2.05) is 6.08 Å². The minimum atomic E-state index is -0.848. The quantitative estimate of drug-likeness (QED) is 0.0321. The van der Waals surface area contributed by atoms with Crippen molar-refractivity contribution in [1.29, 1.82) is 0 Å². The van der Waals surface area contributed by atoms with Crippen LogP contribution in [0.4, 0.5) is 0 Å². The van der Waals surface area contributed by atoms with Crippen LogP contribution in [0.15, 0.2) is 24.3 Å². The smallest absolute Gasteiger partial charge is 0.305 e. The minimum absolute atomic E-state index is 0.0119. The molecule has 1 amide bonds.